The Morgan fingerprint density at radius 1 is 1.16 bits per heavy atom. The molecule has 1 fully saturated rings. The molecule has 2 heterocycles. The first-order valence-corrected chi connectivity index (χ1v) is 11.7. The van der Waals surface area contributed by atoms with Crippen molar-refractivity contribution >= 4 is 23.2 Å². The molecule has 0 bridgehead atoms. The molecule has 168 valence electrons. The van der Waals surface area contributed by atoms with E-state index in [1.54, 1.807) is 14.2 Å². The topological polar surface area (TPSA) is 78.0 Å². The van der Waals surface area contributed by atoms with Crippen LogP contribution in [0, 0.1) is 0 Å². The van der Waals surface area contributed by atoms with Crippen LogP contribution in [0.1, 0.15) is 40.5 Å². The van der Waals surface area contributed by atoms with E-state index in [0.717, 1.165) is 49.2 Å². The Kier molecular flexibility index (Phi) is 9.17. The molecule has 1 atom stereocenters. The molecular weight excluding hydrogens is 410 g/mol. The molecule has 1 aliphatic heterocycles. The zero-order chi connectivity index (χ0) is 21.9. The number of aliphatic imine (C=N–C) groups is 1. The highest BCUT2D eigenvalue weighted by atomic mass is 32.1. The molecular formula is C23H33N5O2S. The number of ether oxygens (including phenoxy) is 1. The molecule has 7 nitrogen and oxygen atoms in total. The fourth-order valence-electron chi connectivity index (χ4n) is 3.77. The summed E-state index contributed by atoms with van der Waals surface area (Å²) in [5.74, 6) is 1.65. The van der Waals surface area contributed by atoms with E-state index in [-0.39, 0.29) is 11.9 Å². The summed E-state index contributed by atoms with van der Waals surface area (Å²) in [5, 5.41) is 11.7. The van der Waals surface area contributed by atoms with Gasteiger partial charge in [0.05, 0.1) is 18.0 Å². The van der Waals surface area contributed by atoms with Crippen LogP contribution in [0.15, 0.2) is 46.8 Å². The maximum atomic E-state index is 12.0. The van der Waals surface area contributed by atoms with Crippen molar-refractivity contribution in [3.05, 3.63) is 52.2 Å². The molecule has 1 aromatic heterocycles. The van der Waals surface area contributed by atoms with Crippen molar-refractivity contribution in [2.45, 2.75) is 25.3 Å². The number of guanidine groups is 1. The van der Waals surface area contributed by atoms with Gasteiger partial charge in [0.15, 0.2) is 5.96 Å². The Hall–Kier alpha value is -2.58. The summed E-state index contributed by atoms with van der Waals surface area (Å²) in [4.78, 5) is 19.6. The van der Waals surface area contributed by atoms with Gasteiger partial charge >= 0.3 is 0 Å². The van der Waals surface area contributed by atoms with Gasteiger partial charge in [0.1, 0.15) is 5.75 Å². The zero-order valence-electron chi connectivity index (χ0n) is 18.4. The molecule has 1 aromatic carbocycles. The van der Waals surface area contributed by atoms with Crippen molar-refractivity contribution in [1.29, 1.82) is 0 Å². The quantitative estimate of drug-likeness (QED) is 0.299. The van der Waals surface area contributed by atoms with Gasteiger partial charge in [-0.25, -0.2) is 0 Å². The first-order valence-electron chi connectivity index (χ1n) is 10.9. The fourth-order valence-corrected chi connectivity index (χ4v) is 4.41. The third kappa shape index (κ3) is 6.97. The average Bonchev–Trinajstić information content (AvgIpc) is 3.52. The number of carbonyl (C=O) groups excluding carboxylic acids is 1. The Bertz CT molecular complexity index is 834. The van der Waals surface area contributed by atoms with Crippen molar-refractivity contribution < 1.29 is 9.53 Å². The number of hydrogen-bond donors (Lipinski definition) is 3. The number of likely N-dealkylation sites (tertiary alicyclic amines) is 1. The van der Waals surface area contributed by atoms with Gasteiger partial charge in [-0.05, 0) is 61.5 Å². The van der Waals surface area contributed by atoms with E-state index in [2.05, 4.69) is 44.0 Å². The number of thiophene rings is 1. The first kappa shape index (κ1) is 23.1. The lowest BCUT2D eigenvalue weighted by atomic mass is 10.1. The smallest absolute Gasteiger partial charge is 0.261 e. The van der Waals surface area contributed by atoms with Crippen LogP contribution in [-0.4, -0.2) is 63.6 Å². The predicted octanol–water partition coefficient (Wildman–Crippen LogP) is 2.88. The van der Waals surface area contributed by atoms with Crippen LogP contribution in [0.4, 0.5) is 0 Å². The van der Waals surface area contributed by atoms with Crippen LogP contribution < -0.4 is 20.7 Å². The molecule has 1 unspecified atom stereocenters. The zero-order valence-corrected chi connectivity index (χ0v) is 19.2. The third-order valence-electron chi connectivity index (χ3n) is 5.42. The van der Waals surface area contributed by atoms with Crippen molar-refractivity contribution in [2.24, 2.45) is 4.99 Å². The summed E-state index contributed by atoms with van der Waals surface area (Å²) in [6.07, 6.45) is 3.30. The van der Waals surface area contributed by atoms with E-state index in [1.165, 1.54) is 29.7 Å². The number of carbonyl (C=O) groups is 1. The molecule has 2 aromatic rings. The van der Waals surface area contributed by atoms with E-state index in [0.29, 0.717) is 6.54 Å². The van der Waals surface area contributed by atoms with E-state index in [4.69, 9.17) is 4.74 Å². The van der Waals surface area contributed by atoms with Crippen molar-refractivity contribution in [3.63, 3.8) is 0 Å². The Morgan fingerprint density at radius 2 is 1.97 bits per heavy atom. The number of nitrogens with zero attached hydrogens (tertiary/aromatic N) is 2. The summed E-state index contributed by atoms with van der Waals surface area (Å²) < 4.78 is 5.43. The third-order valence-corrected chi connectivity index (χ3v) is 6.29. The molecule has 31 heavy (non-hydrogen) atoms. The van der Waals surface area contributed by atoms with E-state index >= 15 is 0 Å². The minimum atomic E-state index is -0.00995. The summed E-state index contributed by atoms with van der Waals surface area (Å²) in [6.45, 7) is 4.35. The molecule has 1 saturated heterocycles. The number of nitrogens with one attached hydrogen (secondary N) is 3. The van der Waals surface area contributed by atoms with Crippen LogP contribution in [-0.2, 0) is 0 Å². The maximum absolute atomic E-state index is 12.0. The lowest BCUT2D eigenvalue weighted by Crippen LogP contribution is -2.43. The second-order valence-electron chi connectivity index (χ2n) is 7.50. The van der Waals surface area contributed by atoms with E-state index in [1.807, 2.05) is 23.6 Å². The molecule has 8 heteroatoms. The van der Waals surface area contributed by atoms with Gasteiger partial charge in [-0.2, -0.15) is 0 Å². The summed E-state index contributed by atoms with van der Waals surface area (Å²) in [6, 6.07) is 12.3. The fraction of sp³-hybridized carbons (Fsp3) is 0.478. The largest absolute Gasteiger partial charge is 0.497 e. The van der Waals surface area contributed by atoms with Gasteiger partial charge in [0.2, 0.25) is 0 Å². The van der Waals surface area contributed by atoms with Crippen LogP contribution >= 0.6 is 11.3 Å². The summed E-state index contributed by atoms with van der Waals surface area (Å²) >= 11 is 1.45. The van der Waals surface area contributed by atoms with Gasteiger partial charge in [-0.15, -0.1) is 11.3 Å². The minimum absolute atomic E-state index is 0.00995. The standard InChI is InChI=1S/C23H33N5O2S/c1-24-23(26-12-7-11-25-22(29)21-10-6-15-31-21)27-17-20(28-13-3-4-14-28)18-8-5-9-19(16-18)30-2/h5-6,8-10,15-16,20H,3-4,7,11-14,17H2,1-2H3,(H,25,29)(H2,24,26,27). The van der Waals surface area contributed by atoms with Crippen LogP contribution in [0.5, 0.6) is 5.75 Å². The van der Waals surface area contributed by atoms with Crippen LogP contribution in [0.25, 0.3) is 0 Å². The summed E-state index contributed by atoms with van der Waals surface area (Å²) in [5.41, 5.74) is 1.25. The monoisotopic (exact) mass is 443 g/mol. The SMILES string of the molecule is CN=C(NCCCNC(=O)c1cccs1)NCC(c1cccc(OC)c1)N1CCCC1. The molecule has 0 radical (unpaired) electrons. The van der Waals surface area contributed by atoms with Crippen LogP contribution in [0.3, 0.4) is 0 Å². The molecule has 0 spiro atoms. The number of rotatable bonds is 10. The first-order chi connectivity index (χ1) is 15.2. The molecule has 1 aliphatic rings. The number of benzene rings is 1. The number of methoxy groups -OCH3 is 1. The number of hydrogen-bond acceptors (Lipinski definition) is 5. The van der Waals surface area contributed by atoms with Gasteiger partial charge in [-0.3, -0.25) is 14.7 Å². The predicted molar refractivity (Wildman–Crippen MR) is 127 cm³/mol. The van der Waals surface area contributed by atoms with Crippen molar-refractivity contribution in [1.82, 2.24) is 20.9 Å². The maximum Gasteiger partial charge on any atom is 0.261 e. The molecule has 0 saturated carbocycles. The Balaban J connectivity index is 1.46. The van der Waals surface area contributed by atoms with Crippen molar-refractivity contribution in [3.8, 4) is 5.75 Å². The highest BCUT2D eigenvalue weighted by Gasteiger charge is 2.24. The van der Waals surface area contributed by atoms with Gasteiger partial charge in [-0.1, -0.05) is 18.2 Å². The number of amides is 1. The normalized spacial score (nSPS) is 15.5. The molecule has 3 N–H and O–H groups in total. The second-order valence-corrected chi connectivity index (χ2v) is 8.45. The lowest BCUT2D eigenvalue weighted by Gasteiger charge is -2.29. The highest BCUT2D eigenvalue weighted by molar-refractivity contribution is 7.12. The van der Waals surface area contributed by atoms with Gasteiger partial charge in [0, 0.05) is 26.7 Å². The van der Waals surface area contributed by atoms with Crippen LogP contribution in [0.2, 0.25) is 0 Å². The average molecular weight is 444 g/mol. The van der Waals surface area contributed by atoms with Gasteiger partial charge in [0.25, 0.3) is 5.91 Å². The van der Waals surface area contributed by atoms with E-state index < -0.39 is 0 Å². The van der Waals surface area contributed by atoms with E-state index in [9.17, 15) is 4.79 Å². The second kappa shape index (κ2) is 12.3. The molecule has 1 amide bonds. The Morgan fingerprint density at radius 3 is 2.68 bits per heavy atom. The minimum Gasteiger partial charge on any atom is -0.497 e. The van der Waals surface area contributed by atoms with Gasteiger partial charge < -0.3 is 20.7 Å². The Labute approximate surface area is 188 Å². The van der Waals surface area contributed by atoms with Crippen molar-refractivity contribution in [2.75, 3.05) is 46.9 Å². The molecule has 0 aliphatic carbocycles. The molecule has 3 rings (SSSR count). The summed E-state index contributed by atoms with van der Waals surface area (Å²) in [7, 11) is 3.49. The lowest BCUT2D eigenvalue weighted by molar-refractivity contribution is 0.0957. The highest BCUT2D eigenvalue weighted by Crippen LogP contribution is 2.27.